The van der Waals surface area contributed by atoms with Crippen molar-refractivity contribution >= 4 is 37.4 Å². The molecule has 1 aromatic rings. The number of rotatable bonds is 7. The van der Waals surface area contributed by atoms with Crippen molar-refractivity contribution in [3.8, 4) is 0 Å². The smallest absolute Gasteiger partial charge is 0.264 e. The maximum atomic E-state index is 13.1. The van der Waals surface area contributed by atoms with E-state index in [2.05, 4.69) is 0 Å². The second-order valence-corrected chi connectivity index (χ2v) is 10.2. The number of para-hydroxylation sites is 2. The van der Waals surface area contributed by atoms with Gasteiger partial charge in [-0.2, -0.15) is 8.42 Å². The first-order valence-corrected chi connectivity index (χ1v) is 11.8. The number of carbonyl (C=O) groups excluding carboxylic acids is 1. The van der Waals surface area contributed by atoms with E-state index < -0.39 is 26.2 Å². The minimum atomic E-state index is -3.76. The summed E-state index contributed by atoms with van der Waals surface area (Å²) in [4.78, 5) is 14.6. The summed E-state index contributed by atoms with van der Waals surface area (Å²) in [6.07, 6.45) is 1.87. The molecule has 1 aliphatic rings. The number of nitrogens with zero attached hydrogens (tertiary/aromatic N) is 2. The van der Waals surface area contributed by atoms with Crippen LogP contribution >= 0.6 is 0 Å². The quantitative estimate of drug-likeness (QED) is 0.633. The van der Waals surface area contributed by atoms with Crippen LogP contribution in [0.4, 0.5) is 11.4 Å². The van der Waals surface area contributed by atoms with E-state index in [0.29, 0.717) is 17.9 Å². The maximum absolute atomic E-state index is 13.1. The van der Waals surface area contributed by atoms with E-state index in [1.54, 1.807) is 29.2 Å². The summed E-state index contributed by atoms with van der Waals surface area (Å²) >= 11 is 0. The zero-order chi connectivity index (χ0) is 19.7. The minimum absolute atomic E-state index is 0.0676. The largest absolute Gasteiger partial charge is 0.308 e. The average Bonchev–Trinajstić information content (AvgIpc) is 2.48. The monoisotopic (exact) mass is 404 g/mol. The fraction of sp³-hybridized carbons (Fsp3) is 0.562. The standard InChI is InChI=1S/C16H24N2O6S2/c1-12(2)11-17-13-7-5-6-8-14(13)18(25(3,20)21)15(16(17)19)9-10-24-26(4,22)23/h5-8,12,15H,9-11H2,1-4H3. The SMILES string of the molecule is CC(C)CN1C(=O)C(CCOS(C)(=O)=O)N(S(C)(=O)=O)c2ccccc21. The Hall–Kier alpha value is -1.65. The van der Waals surface area contributed by atoms with Crippen molar-refractivity contribution in [2.75, 3.05) is 34.9 Å². The summed E-state index contributed by atoms with van der Waals surface area (Å²) < 4.78 is 53.0. The third-order valence-corrected chi connectivity index (χ3v) is 5.60. The molecule has 1 atom stereocenters. The van der Waals surface area contributed by atoms with E-state index in [9.17, 15) is 21.6 Å². The number of amides is 1. The van der Waals surface area contributed by atoms with Crippen molar-refractivity contribution in [2.24, 2.45) is 5.92 Å². The van der Waals surface area contributed by atoms with Crippen molar-refractivity contribution in [2.45, 2.75) is 26.3 Å². The van der Waals surface area contributed by atoms with Gasteiger partial charge in [0.25, 0.3) is 16.0 Å². The summed E-state index contributed by atoms with van der Waals surface area (Å²) in [6, 6.07) is 5.73. The molecule has 1 heterocycles. The number of sulfonamides is 1. The number of fused-ring (bicyclic) bond motifs is 1. The predicted molar refractivity (Wildman–Crippen MR) is 100 cm³/mol. The molecule has 0 fully saturated rings. The Labute approximate surface area is 154 Å². The van der Waals surface area contributed by atoms with E-state index in [4.69, 9.17) is 4.18 Å². The van der Waals surface area contributed by atoms with Gasteiger partial charge in [0.1, 0.15) is 6.04 Å². The molecule has 10 heteroatoms. The number of benzene rings is 1. The van der Waals surface area contributed by atoms with E-state index >= 15 is 0 Å². The second kappa shape index (κ2) is 7.53. The third kappa shape index (κ3) is 4.74. The van der Waals surface area contributed by atoms with Crippen LogP contribution in [0.1, 0.15) is 20.3 Å². The first kappa shape index (κ1) is 20.7. The topological polar surface area (TPSA) is 101 Å². The summed E-state index contributed by atoms with van der Waals surface area (Å²) in [5.41, 5.74) is 0.927. The molecule has 2 rings (SSSR count). The zero-order valence-electron chi connectivity index (χ0n) is 15.2. The maximum Gasteiger partial charge on any atom is 0.264 e. The van der Waals surface area contributed by atoms with E-state index in [0.717, 1.165) is 16.8 Å². The molecule has 1 aliphatic heterocycles. The van der Waals surface area contributed by atoms with Crippen LogP contribution in [0.25, 0.3) is 0 Å². The Morgan fingerprint density at radius 1 is 1.08 bits per heavy atom. The highest BCUT2D eigenvalue weighted by atomic mass is 32.2. The Morgan fingerprint density at radius 2 is 1.65 bits per heavy atom. The highest BCUT2D eigenvalue weighted by Gasteiger charge is 2.42. The molecular weight excluding hydrogens is 380 g/mol. The molecule has 1 amide bonds. The third-order valence-electron chi connectivity index (χ3n) is 3.84. The van der Waals surface area contributed by atoms with Gasteiger partial charge in [0.05, 0.1) is 30.5 Å². The lowest BCUT2D eigenvalue weighted by Gasteiger charge is -2.42. The molecule has 0 aromatic heterocycles. The van der Waals surface area contributed by atoms with Gasteiger partial charge >= 0.3 is 0 Å². The molecule has 0 bridgehead atoms. The van der Waals surface area contributed by atoms with E-state index in [-0.39, 0.29) is 24.9 Å². The van der Waals surface area contributed by atoms with Gasteiger partial charge in [0.15, 0.2) is 0 Å². The Balaban J connectivity index is 2.48. The van der Waals surface area contributed by atoms with Crippen LogP contribution in [0.2, 0.25) is 0 Å². The van der Waals surface area contributed by atoms with E-state index in [1.807, 2.05) is 13.8 Å². The molecule has 1 aromatic carbocycles. The summed E-state index contributed by atoms with van der Waals surface area (Å²) in [5, 5.41) is 0. The number of hydrogen-bond donors (Lipinski definition) is 0. The molecular formula is C16H24N2O6S2. The lowest BCUT2D eigenvalue weighted by molar-refractivity contribution is -0.120. The van der Waals surface area contributed by atoms with Gasteiger partial charge in [-0.25, -0.2) is 8.42 Å². The average molecular weight is 405 g/mol. The molecule has 0 saturated carbocycles. The van der Waals surface area contributed by atoms with E-state index in [1.165, 1.54) is 0 Å². The normalized spacial score (nSPS) is 18.3. The Kier molecular flexibility index (Phi) is 5.99. The molecule has 0 spiro atoms. The molecule has 0 N–H and O–H groups in total. The van der Waals surface area contributed by atoms with Crippen LogP contribution in [0.15, 0.2) is 24.3 Å². The predicted octanol–water partition coefficient (Wildman–Crippen LogP) is 1.19. The number of anilines is 2. The van der Waals surface area contributed by atoms with Gasteiger partial charge in [-0.3, -0.25) is 13.3 Å². The number of hydrogen-bond acceptors (Lipinski definition) is 6. The zero-order valence-corrected chi connectivity index (χ0v) is 16.9. The fourth-order valence-electron chi connectivity index (χ4n) is 2.96. The summed E-state index contributed by atoms with van der Waals surface area (Å²) in [5.74, 6) is -0.218. The lowest BCUT2D eigenvalue weighted by Crippen LogP contribution is -2.56. The fourth-order valence-corrected chi connectivity index (χ4v) is 4.53. The number of carbonyl (C=O) groups is 1. The van der Waals surface area contributed by atoms with Crippen molar-refractivity contribution < 1.29 is 25.8 Å². The highest BCUT2D eigenvalue weighted by Crippen LogP contribution is 2.38. The van der Waals surface area contributed by atoms with Gasteiger partial charge in [0, 0.05) is 13.0 Å². The summed E-state index contributed by atoms with van der Waals surface area (Å²) in [6.45, 7) is 4.07. The highest BCUT2D eigenvalue weighted by molar-refractivity contribution is 7.92. The van der Waals surface area contributed by atoms with Gasteiger partial charge in [-0.15, -0.1) is 0 Å². The molecule has 8 nitrogen and oxygen atoms in total. The molecule has 0 aliphatic carbocycles. The molecule has 0 saturated heterocycles. The molecule has 26 heavy (non-hydrogen) atoms. The first-order valence-electron chi connectivity index (χ1n) is 8.16. The summed E-state index contributed by atoms with van der Waals surface area (Å²) in [7, 11) is -7.44. The van der Waals surface area contributed by atoms with Crippen molar-refractivity contribution in [1.29, 1.82) is 0 Å². The van der Waals surface area contributed by atoms with Crippen LogP contribution in [-0.4, -0.2) is 54.4 Å². The van der Waals surface area contributed by atoms with Crippen LogP contribution < -0.4 is 9.21 Å². The van der Waals surface area contributed by atoms with Gasteiger partial charge in [-0.05, 0) is 18.1 Å². The van der Waals surface area contributed by atoms with Gasteiger partial charge < -0.3 is 4.90 Å². The van der Waals surface area contributed by atoms with Crippen LogP contribution in [0, 0.1) is 5.92 Å². The first-order chi connectivity index (χ1) is 11.9. The van der Waals surface area contributed by atoms with Crippen LogP contribution in [0.3, 0.4) is 0 Å². The van der Waals surface area contributed by atoms with Crippen LogP contribution in [0.5, 0.6) is 0 Å². The van der Waals surface area contributed by atoms with Crippen molar-refractivity contribution in [3.63, 3.8) is 0 Å². The molecule has 1 unspecified atom stereocenters. The molecule has 146 valence electrons. The Bertz CT molecular complexity index is 880. The lowest BCUT2D eigenvalue weighted by atomic mass is 10.0. The van der Waals surface area contributed by atoms with Crippen molar-refractivity contribution in [3.05, 3.63) is 24.3 Å². The minimum Gasteiger partial charge on any atom is -0.308 e. The van der Waals surface area contributed by atoms with Crippen LogP contribution in [-0.2, 0) is 29.1 Å². The van der Waals surface area contributed by atoms with Gasteiger partial charge in [-0.1, -0.05) is 26.0 Å². The Morgan fingerprint density at radius 3 is 2.15 bits per heavy atom. The van der Waals surface area contributed by atoms with Gasteiger partial charge in [0.2, 0.25) is 10.0 Å². The second-order valence-electron chi connectivity index (χ2n) is 6.72. The molecule has 0 radical (unpaired) electrons. The van der Waals surface area contributed by atoms with Crippen molar-refractivity contribution in [1.82, 2.24) is 0 Å².